The van der Waals surface area contributed by atoms with Gasteiger partial charge in [-0.1, -0.05) is 30.3 Å². The molecule has 2 rings (SSSR count). The number of nitrogens with one attached hydrogen (secondary N) is 1. The monoisotopic (exact) mass is 347 g/mol. The number of hydrogen-bond acceptors (Lipinski definition) is 4. The second-order valence-electron chi connectivity index (χ2n) is 7.95. The molecule has 0 spiro atoms. The van der Waals surface area contributed by atoms with E-state index < -0.39 is 6.09 Å². The molecule has 1 heterocycles. The first kappa shape index (κ1) is 19.2. The maximum atomic E-state index is 12.1. The van der Waals surface area contributed by atoms with Crippen LogP contribution in [0.3, 0.4) is 0 Å². The Balaban J connectivity index is 1.95. The molecular weight excluding hydrogens is 318 g/mol. The highest BCUT2D eigenvalue weighted by atomic mass is 16.6. The van der Waals surface area contributed by atoms with Gasteiger partial charge in [0.2, 0.25) is 5.91 Å². The zero-order chi connectivity index (χ0) is 18.7. The van der Waals surface area contributed by atoms with E-state index in [2.05, 4.69) is 37.9 Å². The van der Waals surface area contributed by atoms with Gasteiger partial charge >= 0.3 is 6.09 Å². The summed E-state index contributed by atoms with van der Waals surface area (Å²) in [6.07, 6.45) is 0.694. The smallest absolute Gasteiger partial charge is 0.407 e. The number of benzene rings is 1. The second-order valence-corrected chi connectivity index (χ2v) is 7.95. The maximum absolute atomic E-state index is 12.1. The predicted molar refractivity (Wildman–Crippen MR) is 96.8 cm³/mol. The molecule has 1 fully saturated rings. The average Bonchev–Trinajstić information content (AvgIpc) is 2.49. The molecule has 2 amide bonds. The number of piperidine rings is 1. The Morgan fingerprint density at radius 3 is 2.24 bits per heavy atom. The fourth-order valence-electron chi connectivity index (χ4n) is 3.86. The molecule has 1 aromatic rings. The molecule has 1 aliphatic heterocycles. The lowest BCUT2D eigenvalue weighted by Gasteiger charge is -2.54. The summed E-state index contributed by atoms with van der Waals surface area (Å²) >= 11 is 0. The van der Waals surface area contributed by atoms with Crippen LogP contribution >= 0.6 is 0 Å². The lowest BCUT2D eigenvalue weighted by atomic mass is 9.78. The molecule has 1 saturated heterocycles. The number of nitrogens with zero attached hydrogens (tertiary/aromatic N) is 1. The molecule has 0 unspecified atom stereocenters. The zero-order valence-corrected chi connectivity index (χ0v) is 15.5. The number of hydrogen-bond donors (Lipinski definition) is 2. The molecule has 1 aliphatic rings. The summed E-state index contributed by atoms with van der Waals surface area (Å²) in [6, 6.07) is 9.71. The minimum absolute atomic E-state index is 0.201. The minimum atomic E-state index is -0.413. The summed E-state index contributed by atoms with van der Waals surface area (Å²) in [5.41, 5.74) is 5.84. The summed E-state index contributed by atoms with van der Waals surface area (Å²) in [5, 5.41) is 2.80. The molecule has 6 nitrogen and oxygen atoms in total. The van der Waals surface area contributed by atoms with Crippen molar-refractivity contribution < 1.29 is 14.3 Å². The Kier molecular flexibility index (Phi) is 5.72. The van der Waals surface area contributed by atoms with Gasteiger partial charge in [-0.05, 0) is 33.3 Å². The molecule has 25 heavy (non-hydrogen) atoms. The van der Waals surface area contributed by atoms with Crippen LogP contribution in [0.25, 0.3) is 0 Å². The van der Waals surface area contributed by atoms with E-state index in [1.807, 2.05) is 30.3 Å². The number of likely N-dealkylation sites (tertiary alicyclic amines) is 1. The quantitative estimate of drug-likeness (QED) is 0.857. The number of ether oxygens (including phenoxy) is 1. The van der Waals surface area contributed by atoms with Crippen molar-refractivity contribution in [1.29, 1.82) is 0 Å². The highest BCUT2D eigenvalue weighted by Crippen LogP contribution is 2.39. The fraction of sp³-hybridized carbons (Fsp3) is 0.579. The van der Waals surface area contributed by atoms with Gasteiger partial charge in [0.1, 0.15) is 6.10 Å². The van der Waals surface area contributed by atoms with Gasteiger partial charge in [0, 0.05) is 30.5 Å². The molecular formula is C19H29N3O3. The lowest BCUT2D eigenvalue weighted by Crippen LogP contribution is -2.64. The van der Waals surface area contributed by atoms with Gasteiger partial charge in [0.05, 0.1) is 6.54 Å². The van der Waals surface area contributed by atoms with Crippen LogP contribution in [0.1, 0.15) is 46.1 Å². The number of alkyl carbamates (subject to hydrolysis) is 1. The van der Waals surface area contributed by atoms with Crippen LogP contribution in [0.5, 0.6) is 0 Å². The molecule has 1 aromatic carbocycles. The highest BCUT2D eigenvalue weighted by molar-refractivity contribution is 5.76. The van der Waals surface area contributed by atoms with Gasteiger partial charge in [-0.25, -0.2) is 4.79 Å². The number of carbonyl (C=O) groups is 2. The Labute approximate surface area is 149 Å². The van der Waals surface area contributed by atoms with Crippen LogP contribution in [0, 0.1) is 0 Å². The summed E-state index contributed by atoms with van der Waals surface area (Å²) in [7, 11) is 0. The molecule has 0 bridgehead atoms. The fourth-order valence-corrected chi connectivity index (χ4v) is 3.86. The SMILES string of the molecule is CC1(C)CC(OC(=O)NCc2ccccc2)CC(C)(C)N1CC(N)=O. The van der Waals surface area contributed by atoms with Gasteiger partial charge < -0.3 is 15.8 Å². The third-order valence-corrected chi connectivity index (χ3v) is 4.78. The van der Waals surface area contributed by atoms with Crippen molar-refractivity contribution in [2.45, 2.75) is 64.3 Å². The van der Waals surface area contributed by atoms with Crippen LogP contribution in [0.15, 0.2) is 30.3 Å². The summed E-state index contributed by atoms with van der Waals surface area (Å²) < 4.78 is 5.64. The van der Waals surface area contributed by atoms with Gasteiger partial charge in [0.25, 0.3) is 0 Å². The topological polar surface area (TPSA) is 84.7 Å². The number of rotatable bonds is 5. The summed E-state index contributed by atoms with van der Waals surface area (Å²) in [4.78, 5) is 25.7. The Bertz CT molecular complexity index is 596. The number of carbonyl (C=O) groups excluding carboxylic acids is 2. The molecule has 138 valence electrons. The third-order valence-electron chi connectivity index (χ3n) is 4.78. The van der Waals surface area contributed by atoms with Crippen molar-refractivity contribution in [3.05, 3.63) is 35.9 Å². The summed E-state index contributed by atoms with van der Waals surface area (Å²) in [6.45, 7) is 8.84. The van der Waals surface area contributed by atoms with Crippen molar-refractivity contribution in [3.8, 4) is 0 Å². The van der Waals surface area contributed by atoms with Crippen molar-refractivity contribution in [3.63, 3.8) is 0 Å². The van der Waals surface area contributed by atoms with E-state index in [1.54, 1.807) is 0 Å². The van der Waals surface area contributed by atoms with E-state index in [4.69, 9.17) is 10.5 Å². The molecule has 0 aliphatic carbocycles. The van der Waals surface area contributed by atoms with Gasteiger partial charge in [0.15, 0.2) is 0 Å². The van der Waals surface area contributed by atoms with Gasteiger partial charge in [-0.2, -0.15) is 0 Å². The van der Waals surface area contributed by atoms with E-state index in [0.29, 0.717) is 19.4 Å². The Hall–Kier alpha value is -2.08. The van der Waals surface area contributed by atoms with Crippen LogP contribution in [0.4, 0.5) is 4.79 Å². The Morgan fingerprint density at radius 2 is 1.72 bits per heavy atom. The molecule has 0 radical (unpaired) electrons. The zero-order valence-electron chi connectivity index (χ0n) is 15.5. The van der Waals surface area contributed by atoms with Crippen LogP contribution in [0.2, 0.25) is 0 Å². The van der Waals surface area contributed by atoms with Crippen LogP contribution in [-0.4, -0.2) is 40.6 Å². The van der Waals surface area contributed by atoms with Gasteiger partial charge in [-0.3, -0.25) is 9.69 Å². The number of nitrogens with two attached hydrogens (primary N) is 1. The molecule has 0 atom stereocenters. The van der Waals surface area contributed by atoms with Crippen molar-refractivity contribution in [1.82, 2.24) is 10.2 Å². The molecule has 0 saturated carbocycles. The van der Waals surface area contributed by atoms with Crippen LogP contribution in [-0.2, 0) is 16.1 Å². The largest absolute Gasteiger partial charge is 0.446 e. The number of primary amides is 1. The molecule has 0 aromatic heterocycles. The minimum Gasteiger partial charge on any atom is -0.446 e. The first-order valence-corrected chi connectivity index (χ1v) is 8.65. The highest BCUT2D eigenvalue weighted by Gasteiger charge is 2.46. The van der Waals surface area contributed by atoms with E-state index in [1.165, 1.54) is 0 Å². The normalized spacial score (nSPS) is 20.0. The summed E-state index contributed by atoms with van der Waals surface area (Å²) in [5.74, 6) is -0.346. The van der Waals surface area contributed by atoms with Crippen molar-refractivity contribution in [2.75, 3.05) is 6.54 Å². The van der Waals surface area contributed by atoms with Crippen LogP contribution < -0.4 is 11.1 Å². The first-order valence-electron chi connectivity index (χ1n) is 8.65. The first-order chi connectivity index (χ1) is 11.6. The number of amides is 2. The Morgan fingerprint density at radius 1 is 1.16 bits per heavy atom. The predicted octanol–water partition coefficient (Wildman–Crippen LogP) is 2.42. The van der Waals surface area contributed by atoms with E-state index in [9.17, 15) is 9.59 Å². The standard InChI is InChI=1S/C19H29N3O3/c1-18(2)10-15(11-19(3,4)22(18)13-16(20)23)25-17(24)21-12-14-8-6-5-7-9-14/h5-9,15H,10-13H2,1-4H3,(H2,20,23)(H,21,24). The van der Waals surface area contributed by atoms with E-state index >= 15 is 0 Å². The molecule has 3 N–H and O–H groups in total. The third kappa shape index (κ3) is 5.19. The maximum Gasteiger partial charge on any atom is 0.407 e. The van der Waals surface area contributed by atoms with E-state index in [-0.39, 0.29) is 29.6 Å². The second kappa shape index (κ2) is 7.44. The lowest BCUT2D eigenvalue weighted by molar-refractivity contribution is -0.129. The van der Waals surface area contributed by atoms with Crippen molar-refractivity contribution >= 4 is 12.0 Å². The van der Waals surface area contributed by atoms with Crippen molar-refractivity contribution in [2.24, 2.45) is 5.73 Å². The molecule has 6 heteroatoms. The van der Waals surface area contributed by atoms with E-state index in [0.717, 1.165) is 5.56 Å². The van der Waals surface area contributed by atoms with Gasteiger partial charge in [-0.15, -0.1) is 0 Å². The average molecular weight is 347 g/mol.